The maximum absolute atomic E-state index is 11.0. The van der Waals surface area contributed by atoms with Crippen molar-refractivity contribution in [3.05, 3.63) is 48.0 Å². The molecule has 1 aliphatic rings. The van der Waals surface area contributed by atoms with Gasteiger partial charge in [0.15, 0.2) is 0 Å². The van der Waals surface area contributed by atoms with E-state index in [-0.39, 0.29) is 5.91 Å². The fourth-order valence-corrected chi connectivity index (χ4v) is 3.21. The maximum Gasteiger partial charge on any atom is 0.231 e. The van der Waals surface area contributed by atoms with Crippen molar-refractivity contribution in [3.8, 4) is 0 Å². The van der Waals surface area contributed by atoms with Crippen LogP contribution in [0, 0.1) is 0 Å². The summed E-state index contributed by atoms with van der Waals surface area (Å²) in [7, 11) is 0. The summed E-state index contributed by atoms with van der Waals surface area (Å²) in [6.07, 6.45) is 4.60. The van der Waals surface area contributed by atoms with Crippen LogP contribution in [0.2, 0.25) is 0 Å². The Hall–Kier alpha value is -2.21. The van der Waals surface area contributed by atoms with E-state index in [1.54, 1.807) is 6.33 Å². The molecule has 0 aliphatic carbocycles. The normalized spacial score (nSPS) is 16.5. The molecule has 2 heterocycles. The molecule has 0 unspecified atom stereocenters. The zero-order chi connectivity index (χ0) is 16.1. The molecule has 0 radical (unpaired) electrons. The first-order valence-corrected chi connectivity index (χ1v) is 8.14. The molecule has 2 N–H and O–H groups in total. The van der Waals surface area contributed by atoms with Gasteiger partial charge in [-0.3, -0.25) is 9.69 Å². The predicted molar refractivity (Wildman–Crippen MR) is 87.8 cm³/mol. The molecule has 6 nitrogen and oxygen atoms in total. The topological polar surface area (TPSA) is 77.0 Å². The molecule has 1 aromatic heterocycles. The Bertz CT molecular complexity index is 631. The molecule has 0 atom stereocenters. The third-order valence-electron chi connectivity index (χ3n) is 4.43. The van der Waals surface area contributed by atoms with Crippen molar-refractivity contribution in [2.45, 2.75) is 31.7 Å². The van der Waals surface area contributed by atoms with E-state index in [2.05, 4.69) is 39.2 Å². The Kier molecular flexibility index (Phi) is 5.02. The number of hydrogen-bond acceptors (Lipinski definition) is 4. The van der Waals surface area contributed by atoms with Gasteiger partial charge in [-0.05, 0) is 37.9 Å². The summed E-state index contributed by atoms with van der Waals surface area (Å²) in [4.78, 5) is 17.6. The third-order valence-corrected chi connectivity index (χ3v) is 4.43. The van der Waals surface area contributed by atoms with Gasteiger partial charge in [-0.1, -0.05) is 30.3 Å². The molecule has 6 heteroatoms. The van der Waals surface area contributed by atoms with Crippen molar-refractivity contribution in [1.82, 2.24) is 19.7 Å². The quantitative estimate of drug-likeness (QED) is 0.869. The van der Waals surface area contributed by atoms with E-state index in [4.69, 9.17) is 5.73 Å². The van der Waals surface area contributed by atoms with Crippen LogP contribution in [0.1, 0.15) is 30.1 Å². The highest BCUT2D eigenvalue weighted by Crippen LogP contribution is 2.26. The summed E-state index contributed by atoms with van der Waals surface area (Å²) in [5.74, 6) is 1.23. The smallest absolute Gasteiger partial charge is 0.231 e. The lowest BCUT2D eigenvalue weighted by atomic mass is 9.96. The number of amides is 1. The summed E-state index contributed by atoms with van der Waals surface area (Å²) in [6.45, 7) is 2.98. The van der Waals surface area contributed by atoms with Crippen molar-refractivity contribution in [2.24, 2.45) is 5.73 Å². The van der Waals surface area contributed by atoms with Gasteiger partial charge < -0.3 is 5.73 Å². The van der Waals surface area contributed by atoms with E-state index >= 15 is 0 Å². The first kappa shape index (κ1) is 15.7. The van der Waals surface area contributed by atoms with Crippen LogP contribution < -0.4 is 5.73 Å². The summed E-state index contributed by atoms with van der Waals surface area (Å²) >= 11 is 0. The maximum atomic E-state index is 11.0. The number of piperidine rings is 1. The summed E-state index contributed by atoms with van der Waals surface area (Å²) < 4.78 is 2.03. The second-order valence-electron chi connectivity index (χ2n) is 6.09. The molecule has 0 saturated carbocycles. The molecular weight excluding hydrogens is 290 g/mol. The molecule has 0 spiro atoms. The number of nitrogens with zero attached hydrogens (tertiary/aromatic N) is 4. The highest BCUT2D eigenvalue weighted by atomic mass is 16.1. The van der Waals surface area contributed by atoms with Crippen LogP contribution in [0.3, 0.4) is 0 Å². The minimum Gasteiger partial charge on any atom is -0.369 e. The number of aryl methyl sites for hydroxylation is 2. The largest absolute Gasteiger partial charge is 0.369 e. The second kappa shape index (κ2) is 7.37. The second-order valence-corrected chi connectivity index (χ2v) is 6.09. The fourth-order valence-electron chi connectivity index (χ4n) is 3.21. The van der Waals surface area contributed by atoms with Gasteiger partial charge in [0.1, 0.15) is 12.2 Å². The number of benzene rings is 1. The van der Waals surface area contributed by atoms with Gasteiger partial charge in [0, 0.05) is 12.5 Å². The van der Waals surface area contributed by atoms with Crippen LogP contribution >= 0.6 is 0 Å². The monoisotopic (exact) mass is 313 g/mol. The molecule has 1 fully saturated rings. The number of carbonyl (C=O) groups excluding carboxylic acids is 1. The average Bonchev–Trinajstić information content (AvgIpc) is 3.03. The van der Waals surface area contributed by atoms with E-state index in [1.165, 1.54) is 5.56 Å². The molecule has 1 aliphatic heterocycles. The van der Waals surface area contributed by atoms with Gasteiger partial charge in [0.05, 0.1) is 6.54 Å². The number of nitrogens with two attached hydrogens (primary N) is 1. The van der Waals surface area contributed by atoms with Crippen molar-refractivity contribution in [3.63, 3.8) is 0 Å². The zero-order valence-electron chi connectivity index (χ0n) is 13.3. The highest BCUT2D eigenvalue weighted by Gasteiger charge is 2.24. The Morgan fingerprint density at radius 2 is 1.96 bits per heavy atom. The minimum absolute atomic E-state index is 0.255. The molecule has 23 heavy (non-hydrogen) atoms. The van der Waals surface area contributed by atoms with Gasteiger partial charge >= 0.3 is 0 Å². The van der Waals surface area contributed by atoms with E-state index in [0.717, 1.165) is 44.7 Å². The molecular formula is C17H23N5O. The zero-order valence-corrected chi connectivity index (χ0v) is 13.3. The standard InChI is InChI=1S/C17H23N5O/c18-16(23)12-21-9-7-15(8-10-21)17-19-13-20-22(17)11-6-14-4-2-1-3-5-14/h1-5,13,15H,6-12H2,(H2,18,23). The number of rotatable bonds is 6. The third kappa shape index (κ3) is 4.16. The number of hydrogen-bond donors (Lipinski definition) is 1. The van der Waals surface area contributed by atoms with Crippen LogP contribution in [0.5, 0.6) is 0 Å². The lowest BCUT2D eigenvalue weighted by molar-refractivity contribution is -0.119. The Balaban J connectivity index is 1.57. The van der Waals surface area contributed by atoms with Crippen LogP contribution in [0.15, 0.2) is 36.7 Å². The summed E-state index contributed by atoms with van der Waals surface area (Å²) in [5.41, 5.74) is 6.57. The van der Waals surface area contributed by atoms with Crippen LogP contribution in [0.25, 0.3) is 0 Å². The predicted octanol–water partition coefficient (Wildman–Crippen LogP) is 1.19. The number of primary amides is 1. The Labute approximate surface area is 136 Å². The van der Waals surface area contributed by atoms with E-state index in [0.29, 0.717) is 12.5 Å². The molecule has 1 amide bonds. The summed E-state index contributed by atoms with van der Waals surface area (Å²) in [5, 5.41) is 4.39. The molecule has 1 aromatic carbocycles. The van der Waals surface area contributed by atoms with Crippen LogP contribution in [-0.4, -0.2) is 45.2 Å². The number of aromatic nitrogens is 3. The first-order valence-electron chi connectivity index (χ1n) is 8.14. The van der Waals surface area contributed by atoms with Crippen molar-refractivity contribution < 1.29 is 4.79 Å². The Morgan fingerprint density at radius 3 is 2.65 bits per heavy atom. The number of likely N-dealkylation sites (tertiary alicyclic amines) is 1. The molecule has 0 bridgehead atoms. The van der Waals surface area contributed by atoms with E-state index < -0.39 is 0 Å². The average molecular weight is 313 g/mol. The first-order chi connectivity index (χ1) is 11.2. The fraction of sp³-hybridized carbons (Fsp3) is 0.471. The van der Waals surface area contributed by atoms with Crippen molar-refractivity contribution in [1.29, 1.82) is 0 Å². The van der Waals surface area contributed by atoms with Crippen molar-refractivity contribution >= 4 is 5.91 Å². The summed E-state index contributed by atoms with van der Waals surface area (Å²) in [6, 6.07) is 10.4. The lowest BCUT2D eigenvalue weighted by Gasteiger charge is -2.30. The lowest BCUT2D eigenvalue weighted by Crippen LogP contribution is -2.39. The van der Waals surface area contributed by atoms with Crippen LogP contribution in [-0.2, 0) is 17.8 Å². The SMILES string of the molecule is NC(=O)CN1CCC(c2ncnn2CCc2ccccc2)CC1. The van der Waals surface area contributed by atoms with Gasteiger partial charge in [-0.25, -0.2) is 9.67 Å². The van der Waals surface area contributed by atoms with Crippen LogP contribution in [0.4, 0.5) is 0 Å². The number of carbonyl (C=O) groups is 1. The van der Waals surface area contributed by atoms with E-state index in [9.17, 15) is 4.79 Å². The van der Waals surface area contributed by atoms with Gasteiger partial charge in [-0.2, -0.15) is 5.10 Å². The Morgan fingerprint density at radius 1 is 1.22 bits per heavy atom. The minimum atomic E-state index is -0.255. The van der Waals surface area contributed by atoms with Gasteiger partial charge in [0.25, 0.3) is 0 Å². The van der Waals surface area contributed by atoms with Crippen molar-refractivity contribution in [2.75, 3.05) is 19.6 Å². The highest BCUT2D eigenvalue weighted by molar-refractivity contribution is 5.75. The van der Waals surface area contributed by atoms with Gasteiger partial charge in [0.2, 0.25) is 5.91 Å². The molecule has 1 saturated heterocycles. The molecule has 3 rings (SSSR count). The molecule has 2 aromatic rings. The van der Waals surface area contributed by atoms with Gasteiger partial charge in [-0.15, -0.1) is 0 Å². The molecule has 122 valence electrons. The van der Waals surface area contributed by atoms with E-state index in [1.807, 2.05) is 10.7 Å².